The average Bonchev–Trinajstić information content (AvgIpc) is 3.29. The van der Waals surface area contributed by atoms with Gasteiger partial charge in [-0.2, -0.15) is 5.10 Å². The summed E-state index contributed by atoms with van der Waals surface area (Å²) < 4.78 is 13.2. The maximum Gasteiger partial charge on any atom is 0.274 e. The van der Waals surface area contributed by atoms with Gasteiger partial charge >= 0.3 is 0 Å². The second kappa shape index (κ2) is 7.52. The summed E-state index contributed by atoms with van der Waals surface area (Å²) in [5, 5.41) is 16.9. The van der Waals surface area contributed by atoms with Gasteiger partial charge in [-0.15, -0.1) is 0 Å². The average molecular weight is 407 g/mol. The number of aliphatic hydroxyl groups is 1. The lowest BCUT2D eigenvalue weighted by atomic mass is 10.0. The van der Waals surface area contributed by atoms with E-state index in [0.717, 1.165) is 11.3 Å². The van der Waals surface area contributed by atoms with Gasteiger partial charge in [-0.25, -0.2) is 4.39 Å². The molecule has 1 aromatic heterocycles. The third-order valence-electron chi connectivity index (χ3n) is 5.30. The topological polar surface area (TPSA) is 89.5 Å². The van der Waals surface area contributed by atoms with Crippen LogP contribution in [0.25, 0.3) is 0 Å². The molecule has 2 N–H and O–H groups in total. The van der Waals surface area contributed by atoms with Crippen LogP contribution < -0.4 is 0 Å². The minimum Gasteiger partial charge on any atom is -0.391 e. The number of aliphatic hydroxyl groups excluding tert-OH is 1. The Morgan fingerprint density at radius 2 is 2.14 bits per heavy atom. The highest BCUT2D eigenvalue weighted by Crippen LogP contribution is 2.24. The van der Waals surface area contributed by atoms with Crippen molar-refractivity contribution in [2.75, 3.05) is 19.6 Å². The largest absolute Gasteiger partial charge is 0.391 e. The van der Waals surface area contributed by atoms with E-state index < -0.39 is 11.9 Å². The molecular formula is C19H20ClFN4O3. The molecule has 2 aliphatic rings. The summed E-state index contributed by atoms with van der Waals surface area (Å²) in [7, 11) is 0. The van der Waals surface area contributed by atoms with Gasteiger partial charge < -0.3 is 14.9 Å². The number of carbonyl (C=O) groups excluding carboxylic acids is 2. The number of fused-ring (bicyclic) bond motifs is 1. The van der Waals surface area contributed by atoms with E-state index in [-0.39, 0.29) is 23.3 Å². The van der Waals surface area contributed by atoms with E-state index in [4.69, 9.17) is 11.6 Å². The van der Waals surface area contributed by atoms with Gasteiger partial charge in [-0.1, -0.05) is 17.7 Å². The minimum atomic E-state index is -0.481. The zero-order valence-corrected chi connectivity index (χ0v) is 15.9. The van der Waals surface area contributed by atoms with Gasteiger partial charge in [0.25, 0.3) is 5.91 Å². The van der Waals surface area contributed by atoms with Gasteiger partial charge in [-0.05, 0) is 30.5 Å². The van der Waals surface area contributed by atoms with Gasteiger partial charge in [0, 0.05) is 30.2 Å². The van der Waals surface area contributed by atoms with E-state index in [1.54, 1.807) is 9.80 Å². The highest BCUT2D eigenvalue weighted by atomic mass is 35.5. The molecule has 1 saturated heterocycles. The van der Waals surface area contributed by atoms with Crippen LogP contribution >= 0.6 is 11.6 Å². The number of H-pyrrole nitrogens is 1. The van der Waals surface area contributed by atoms with Gasteiger partial charge in [0.2, 0.25) is 5.91 Å². The first kappa shape index (κ1) is 18.9. The Bertz CT molecular complexity index is 932. The van der Waals surface area contributed by atoms with Crippen LogP contribution in [0.1, 0.15) is 33.7 Å². The Balaban J connectivity index is 1.44. The van der Waals surface area contributed by atoms with Gasteiger partial charge in [0.15, 0.2) is 5.69 Å². The van der Waals surface area contributed by atoms with Crippen LogP contribution in [0.3, 0.4) is 0 Å². The van der Waals surface area contributed by atoms with E-state index >= 15 is 0 Å². The molecule has 28 heavy (non-hydrogen) atoms. The Hall–Kier alpha value is -2.45. The van der Waals surface area contributed by atoms with Crippen molar-refractivity contribution in [1.29, 1.82) is 0 Å². The zero-order chi connectivity index (χ0) is 19.8. The number of carbonyl (C=O) groups is 2. The number of amides is 2. The SMILES string of the molecule is O=C(Cc1ccc(F)cc1Cl)N1CCc2c(C(=O)N3CCC(O)C3)n[nH]c2C1. The zero-order valence-electron chi connectivity index (χ0n) is 15.1. The van der Waals surface area contributed by atoms with Crippen molar-refractivity contribution in [2.45, 2.75) is 31.9 Å². The number of benzene rings is 1. The number of β-amino-alcohol motifs (C(OH)–C–C–N with tert-alkyl or cyclic N) is 1. The molecule has 1 aromatic carbocycles. The summed E-state index contributed by atoms with van der Waals surface area (Å²) >= 11 is 6.02. The van der Waals surface area contributed by atoms with Gasteiger partial charge in [0.1, 0.15) is 5.82 Å². The summed E-state index contributed by atoms with van der Waals surface area (Å²) in [6, 6.07) is 3.99. The fourth-order valence-electron chi connectivity index (χ4n) is 3.72. The molecule has 9 heteroatoms. The molecule has 148 valence electrons. The molecule has 0 aliphatic carbocycles. The molecule has 4 rings (SSSR count). The van der Waals surface area contributed by atoms with Crippen molar-refractivity contribution in [3.63, 3.8) is 0 Å². The Labute approximate surface area is 166 Å². The van der Waals surface area contributed by atoms with E-state index in [0.29, 0.717) is 50.3 Å². The van der Waals surface area contributed by atoms with E-state index in [1.807, 2.05) is 0 Å². The van der Waals surface area contributed by atoms with Crippen molar-refractivity contribution in [3.8, 4) is 0 Å². The van der Waals surface area contributed by atoms with Crippen molar-refractivity contribution < 1.29 is 19.1 Å². The maximum atomic E-state index is 13.2. The molecule has 1 atom stereocenters. The van der Waals surface area contributed by atoms with Gasteiger partial charge in [0.05, 0.1) is 24.8 Å². The molecule has 2 aromatic rings. The molecular weight excluding hydrogens is 387 g/mol. The fourth-order valence-corrected chi connectivity index (χ4v) is 3.96. The van der Waals surface area contributed by atoms with Crippen LogP contribution in [0.15, 0.2) is 18.2 Å². The number of aromatic amines is 1. The molecule has 1 unspecified atom stereocenters. The molecule has 7 nitrogen and oxygen atoms in total. The molecule has 0 radical (unpaired) electrons. The van der Waals surface area contributed by atoms with Crippen LogP contribution in [-0.4, -0.2) is 62.7 Å². The Morgan fingerprint density at radius 3 is 2.86 bits per heavy atom. The van der Waals surface area contributed by atoms with E-state index in [2.05, 4.69) is 10.2 Å². The number of hydrogen-bond donors (Lipinski definition) is 2. The Morgan fingerprint density at radius 1 is 1.32 bits per heavy atom. The Kier molecular flexibility index (Phi) is 5.07. The lowest BCUT2D eigenvalue weighted by molar-refractivity contribution is -0.131. The number of likely N-dealkylation sites (tertiary alicyclic amines) is 1. The third-order valence-corrected chi connectivity index (χ3v) is 5.65. The molecule has 0 spiro atoms. The summed E-state index contributed by atoms with van der Waals surface area (Å²) in [4.78, 5) is 28.6. The normalized spacial score (nSPS) is 19.0. The van der Waals surface area contributed by atoms with Crippen LogP contribution in [0.4, 0.5) is 4.39 Å². The van der Waals surface area contributed by atoms with Crippen molar-refractivity contribution >= 4 is 23.4 Å². The highest BCUT2D eigenvalue weighted by Gasteiger charge is 2.32. The fraction of sp³-hybridized carbons (Fsp3) is 0.421. The first-order valence-electron chi connectivity index (χ1n) is 9.17. The molecule has 0 saturated carbocycles. The number of nitrogens with zero attached hydrogens (tertiary/aromatic N) is 3. The lowest BCUT2D eigenvalue weighted by Gasteiger charge is -2.27. The number of rotatable bonds is 3. The quantitative estimate of drug-likeness (QED) is 0.809. The van der Waals surface area contributed by atoms with Crippen molar-refractivity contribution in [1.82, 2.24) is 20.0 Å². The summed E-state index contributed by atoms with van der Waals surface area (Å²) in [6.07, 6.45) is 0.698. The van der Waals surface area contributed by atoms with Crippen molar-refractivity contribution in [2.24, 2.45) is 0 Å². The maximum absolute atomic E-state index is 13.2. The minimum absolute atomic E-state index is 0.0834. The van der Waals surface area contributed by atoms with Crippen LogP contribution in [0.2, 0.25) is 5.02 Å². The second-order valence-electron chi connectivity index (χ2n) is 7.20. The number of aromatic nitrogens is 2. The molecule has 1 fully saturated rings. The standard InChI is InChI=1S/C19H20ClFN4O3/c20-15-8-12(21)2-1-11(15)7-17(27)24-6-4-14-16(10-24)22-23-18(14)19(28)25-5-3-13(26)9-25/h1-2,8,13,26H,3-7,9-10H2,(H,22,23). The van der Waals surface area contributed by atoms with Crippen LogP contribution in [0.5, 0.6) is 0 Å². The predicted molar refractivity (Wildman–Crippen MR) is 99.4 cm³/mol. The van der Waals surface area contributed by atoms with Gasteiger partial charge in [-0.3, -0.25) is 14.7 Å². The third kappa shape index (κ3) is 3.62. The number of nitrogens with one attached hydrogen (secondary N) is 1. The summed E-state index contributed by atoms with van der Waals surface area (Å²) in [5.41, 5.74) is 2.52. The summed E-state index contributed by atoms with van der Waals surface area (Å²) in [5.74, 6) is -0.750. The second-order valence-corrected chi connectivity index (χ2v) is 7.61. The first-order chi connectivity index (χ1) is 13.4. The molecule has 0 bridgehead atoms. The first-order valence-corrected chi connectivity index (χ1v) is 9.55. The molecule has 2 aliphatic heterocycles. The van der Waals surface area contributed by atoms with Crippen LogP contribution in [0, 0.1) is 5.82 Å². The summed E-state index contributed by atoms with van der Waals surface area (Å²) in [6.45, 7) is 1.64. The highest BCUT2D eigenvalue weighted by molar-refractivity contribution is 6.31. The van der Waals surface area contributed by atoms with E-state index in [1.165, 1.54) is 18.2 Å². The lowest BCUT2D eigenvalue weighted by Crippen LogP contribution is -2.37. The van der Waals surface area contributed by atoms with E-state index in [9.17, 15) is 19.1 Å². The number of halogens is 2. The smallest absolute Gasteiger partial charge is 0.274 e. The monoisotopic (exact) mass is 406 g/mol. The molecule has 2 amide bonds. The van der Waals surface area contributed by atoms with Crippen LogP contribution in [-0.2, 0) is 24.2 Å². The number of hydrogen-bond acceptors (Lipinski definition) is 4. The van der Waals surface area contributed by atoms with Crippen molar-refractivity contribution in [3.05, 3.63) is 51.6 Å². The predicted octanol–water partition coefficient (Wildman–Crippen LogP) is 1.54. The molecule has 3 heterocycles.